The molecule has 1 aromatic carbocycles. The monoisotopic (exact) mass is 222 g/mol. The summed E-state index contributed by atoms with van der Waals surface area (Å²) in [5.74, 6) is 0.744. The van der Waals surface area contributed by atoms with Gasteiger partial charge in [0, 0.05) is 6.54 Å². The maximum absolute atomic E-state index is 6.02. The highest BCUT2D eigenvalue weighted by atomic mass is 35.5. The number of hydrogen-bond donors (Lipinski definition) is 1. The molecule has 0 bridgehead atoms. The molecule has 1 aliphatic rings. The molecule has 1 fully saturated rings. The van der Waals surface area contributed by atoms with E-state index in [1.165, 1.54) is 0 Å². The molecule has 0 spiro atoms. The summed E-state index contributed by atoms with van der Waals surface area (Å²) in [6.45, 7) is 0.595. The molecule has 0 aliphatic heterocycles. The van der Waals surface area contributed by atoms with E-state index in [-0.39, 0.29) is 5.41 Å². The number of benzene rings is 1. The molecule has 0 amide bonds. The number of nitrogens with zero attached hydrogens (tertiary/aromatic N) is 1. The van der Waals surface area contributed by atoms with Crippen molar-refractivity contribution in [3.8, 4) is 0 Å². The Kier molecular flexibility index (Phi) is 1.82. The van der Waals surface area contributed by atoms with Crippen molar-refractivity contribution in [3.05, 3.63) is 29.1 Å². The van der Waals surface area contributed by atoms with Gasteiger partial charge in [-0.1, -0.05) is 17.7 Å². The number of hydrogen-bond acceptors (Lipinski definition) is 3. The molecule has 1 heterocycles. The van der Waals surface area contributed by atoms with Crippen LogP contribution in [0.3, 0.4) is 0 Å². The SMILES string of the molecule is NCC1(c2nc3cccc(Cl)c3o2)CC1. The summed E-state index contributed by atoms with van der Waals surface area (Å²) in [5.41, 5.74) is 7.21. The van der Waals surface area contributed by atoms with Gasteiger partial charge in [-0.15, -0.1) is 0 Å². The number of para-hydroxylation sites is 1. The van der Waals surface area contributed by atoms with Crippen molar-refractivity contribution in [2.24, 2.45) is 5.73 Å². The lowest BCUT2D eigenvalue weighted by atomic mass is 10.1. The summed E-state index contributed by atoms with van der Waals surface area (Å²) in [5, 5.41) is 0.610. The molecule has 0 atom stereocenters. The molecule has 0 unspecified atom stereocenters. The van der Waals surface area contributed by atoms with Crippen LogP contribution in [0.1, 0.15) is 18.7 Å². The highest BCUT2D eigenvalue weighted by Gasteiger charge is 2.47. The minimum absolute atomic E-state index is 0.0116. The first-order valence-electron chi connectivity index (χ1n) is 5.01. The molecule has 3 rings (SSSR count). The summed E-state index contributed by atoms with van der Waals surface area (Å²) < 4.78 is 5.69. The second-order valence-electron chi connectivity index (χ2n) is 4.09. The van der Waals surface area contributed by atoms with Crippen LogP contribution in [0, 0.1) is 0 Å². The summed E-state index contributed by atoms with van der Waals surface area (Å²) in [4.78, 5) is 4.45. The zero-order valence-electron chi connectivity index (χ0n) is 8.16. The fourth-order valence-corrected chi connectivity index (χ4v) is 2.01. The van der Waals surface area contributed by atoms with Gasteiger partial charge in [-0.3, -0.25) is 0 Å². The molecule has 2 N–H and O–H groups in total. The highest BCUT2D eigenvalue weighted by Crippen LogP contribution is 2.47. The van der Waals surface area contributed by atoms with Gasteiger partial charge < -0.3 is 10.2 Å². The quantitative estimate of drug-likeness (QED) is 0.849. The molecule has 1 aliphatic carbocycles. The number of halogens is 1. The van der Waals surface area contributed by atoms with Crippen LogP contribution in [0.15, 0.2) is 22.6 Å². The molecule has 78 valence electrons. The fourth-order valence-electron chi connectivity index (χ4n) is 1.80. The number of nitrogens with two attached hydrogens (primary N) is 1. The van der Waals surface area contributed by atoms with Crippen LogP contribution in [0.5, 0.6) is 0 Å². The van der Waals surface area contributed by atoms with Gasteiger partial charge in [-0.05, 0) is 25.0 Å². The van der Waals surface area contributed by atoms with E-state index >= 15 is 0 Å². The number of fused-ring (bicyclic) bond motifs is 1. The van der Waals surface area contributed by atoms with E-state index in [9.17, 15) is 0 Å². The second kappa shape index (κ2) is 2.97. The van der Waals surface area contributed by atoms with Crippen LogP contribution in [0.2, 0.25) is 5.02 Å². The Morgan fingerprint density at radius 3 is 2.87 bits per heavy atom. The van der Waals surface area contributed by atoms with E-state index in [0.717, 1.165) is 24.2 Å². The van der Waals surface area contributed by atoms with E-state index in [2.05, 4.69) is 4.98 Å². The van der Waals surface area contributed by atoms with Gasteiger partial charge in [0.25, 0.3) is 0 Å². The smallest absolute Gasteiger partial charge is 0.203 e. The standard InChI is InChI=1S/C11H11ClN2O/c12-7-2-1-3-8-9(7)15-10(14-8)11(6-13)4-5-11/h1-3H,4-6,13H2. The average Bonchev–Trinajstić information content (AvgIpc) is 2.92. The Morgan fingerprint density at radius 2 is 2.27 bits per heavy atom. The minimum Gasteiger partial charge on any atom is -0.438 e. The van der Waals surface area contributed by atoms with Gasteiger partial charge in [-0.25, -0.2) is 4.98 Å². The number of aromatic nitrogens is 1. The predicted octanol–water partition coefficient (Wildman–Crippen LogP) is 2.47. The van der Waals surface area contributed by atoms with E-state index in [4.69, 9.17) is 21.8 Å². The van der Waals surface area contributed by atoms with Gasteiger partial charge in [0.1, 0.15) is 5.52 Å². The van der Waals surface area contributed by atoms with Gasteiger partial charge in [0.05, 0.1) is 10.4 Å². The summed E-state index contributed by atoms with van der Waals surface area (Å²) >= 11 is 6.02. The van der Waals surface area contributed by atoms with E-state index < -0.39 is 0 Å². The molecule has 0 radical (unpaired) electrons. The van der Waals surface area contributed by atoms with Crippen molar-refractivity contribution in [2.75, 3.05) is 6.54 Å². The average molecular weight is 223 g/mol. The zero-order valence-corrected chi connectivity index (χ0v) is 8.92. The molecule has 1 saturated carbocycles. The van der Waals surface area contributed by atoms with E-state index in [1.807, 2.05) is 12.1 Å². The minimum atomic E-state index is -0.0116. The van der Waals surface area contributed by atoms with Crippen LogP contribution in [0.4, 0.5) is 0 Å². The van der Waals surface area contributed by atoms with E-state index in [0.29, 0.717) is 17.2 Å². The lowest BCUT2D eigenvalue weighted by molar-refractivity contribution is 0.462. The molecule has 15 heavy (non-hydrogen) atoms. The van der Waals surface area contributed by atoms with Gasteiger partial charge in [0.15, 0.2) is 5.58 Å². The molecule has 0 saturated heterocycles. The van der Waals surface area contributed by atoms with Gasteiger partial charge >= 0.3 is 0 Å². The summed E-state index contributed by atoms with van der Waals surface area (Å²) in [6.07, 6.45) is 2.13. The molecule has 4 heteroatoms. The Balaban J connectivity index is 2.19. The Labute approximate surface area is 92.2 Å². The lowest BCUT2D eigenvalue weighted by Gasteiger charge is -2.04. The first kappa shape index (κ1) is 9.19. The van der Waals surface area contributed by atoms with Crippen molar-refractivity contribution < 1.29 is 4.42 Å². The first-order valence-corrected chi connectivity index (χ1v) is 5.39. The predicted molar refractivity (Wildman–Crippen MR) is 59.0 cm³/mol. The van der Waals surface area contributed by atoms with Crippen molar-refractivity contribution in [3.63, 3.8) is 0 Å². The summed E-state index contributed by atoms with van der Waals surface area (Å²) in [6, 6.07) is 5.58. The summed E-state index contributed by atoms with van der Waals surface area (Å²) in [7, 11) is 0. The first-order chi connectivity index (χ1) is 7.25. The second-order valence-corrected chi connectivity index (χ2v) is 4.50. The topological polar surface area (TPSA) is 52.0 Å². The van der Waals surface area contributed by atoms with Crippen LogP contribution >= 0.6 is 11.6 Å². The molecular formula is C11H11ClN2O. The third-order valence-electron chi connectivity index (χ3n) is 3.06. The van der Waals surface area contributed by atoms with Gasteiger partial charge in [0.2, 0.25) is 5.89 Å². The highest BCUT2D eigenvalue weighted by molar-refractivity contribution is 6.34. The van der Waals surface area contributed by atoms with Crippen LogP contribution in [-0.2, 0) is 5.41 Å². The van der Waals surface area contributed by atoms with Crippen LogP contribution in [-0.4, -0.2) is 11.5 Å². The molecule has 3 nitrogen and oxygen atoms in total. The zero-order chi connectivity index (χ0) is 10.5. The largest absolute Gasteiger partial charge is 0.438 e. The number of oxazole rings is 1. The van der Waals surface area contributed by atoms with Crippen molar-refractivity contribution in [1.82, 2.24) is 4.98 Å². The van der Waals surface area contributed by atoms with E-state index in [1.54, 1.807) is 6.07 Å². The maximum Gasteiger partial charge on any atom is 0.203 e. The Bertz CT molecular complexity index is 516. The normalized spacial score (nSPS) is 18.3. The number of rotatable bonds is 2. The Morgan fingerprint density at radius 1 is 1.47 bits per heavy atom. The fraction of sp³-hybridized carbons (Fsp3) is 0.364. The third-order valence-corrected chi connectivity index (χ3v) is 3.36. The maximum atomic E-state index is 6.02. The van der Waals surface area contributed by atoms with Crippen molar-refractivity contribution >= 4 is 22.7 Å². The van der Waals surface area contributed by atoms with Crippen molar-refractivity contribution in [2.45, 2.75) is 18.3 Å². The van der Waals surface area contributed by atoms with Crippen LogP contribution in [0.25, 0.3) is 11.1 Å². The van der Waals surface area contributed by atoms with Crippen LogP contribution < -0.4 is 5.73 Å². The third kappa shape index (κ3) is 1.27. The Hall–Kier alpha value is -1.06. The van der Waals surface area contributed by atoms with Crippen molar-refractivity contribution in [1.29, 1.82) is 0 Å². The van der Waals surface area contributed by atoms with Gasteiger partial charge in [-0.2, -0.15) is 0 Å². The molecule has 2 aromatic rings. The molecular weight excluding hydrogens is 212 g/mol. The lowest BCUT2D eigenvalue weighted by Crippen LogP contribution is -2.19. The molecule has 1 aromatic heterocycles.